The second-order valence-corrected chi connectivity index (χ2v) is 17.2. The van der Waals surface area contributed by atoms with E-state index in [1.165, 1.54) is 0 Å². The third-order valence-electron chi connectivity index (χ3n) is 12.1. The van der Waals surface area contributed by atoms with Crippen molar-refractivity contribution < 1.29 is 79.2 Å². The Morgan fingerprint density at radius 1 is 0.308 bits per heavy atom. The molecule has 16 rings (SSSR count). The Hall–Kier alpha value is -9.30. The zero-order valence-corrected chi connectivity index (χ0v) is 40.3. The van der Waals surface area contributed by atoms with Crippen molar-refractivity contribution in [3.8, 4) is 33.4 Å². The lowest BCUT2D eigenvalue weighted by molar-refractivity contribution is 0.425. The molecule has 0 aliphatic rings. The van der Waals surface area contributed by atoms with Crippen LogP contribution < -0.4 is 5.46 Å². The molecule has 0 amide bonds. The molecule has 0 unspecified atom stereocenters. The van der Waals surface area contributed by atoms with Gasteiger partial charge in [0.2, 0.25) is 0 Å². The summed E-state index contributed by atoms with van der Waals surface area (Å²) in [6, 6.07) is -31.6. The van der Waals surface area contributed by atoms with Crippen LogP contribution in [0, 0.1) is 0 Å². The number of halogens is 1. The van der Waals surface area contributed by atoms with Crippen molar-refractivity contribution in [3.05, 3.63) is 270 Å². The van der Waals surface area contributed by atoms with Crippen LogP contribution in [0.25, 0.3) is 142 Å². The quantitative estimate of drug-likeness (QED) is 0.136. The first-order valence-corrected chi connectivity index (χ1v) is 23.4. The predicted octanol–water partition coefficient (Wildman–Crippen LogP) is 19.2. The van der Waals surface area contributed by atoms with E-state index < -0.39 is 361 Å². The van der Waals surface area contributed by atoms with Gasteiger partial charge < -0.3 is 18.9 Å². The summed E-state index contributed by atoms with van der Waals surface area (Å²) in [7, 11) is -2.15. The smallest absolute Gasteiger partial charge is 0.456 e. The molecular weight excluding hydrogens is 1020 g/mol. The highest BCUT2D eigenvalue weighted by Gasteiger charge is 2.22. The van der Waals surface area contributed by atoms with Crippen molar-refractivity contribution >= 4 is 137 Å². The molecule has 368 valence electrons. The van der Waals surface area contributed by atoms with Gasteiger partial charge in [0.25, 0.3) is 0 Å². The molecule has 16 aromatic rings. The first-order chi connectivity index (χ1) is 56.8. The molecule has 2 heterocycles. The molecular formula is C72H46BBrO4. The summed E-state index contributed by atoms with van der Waals surface area (Å²) >= 11 is 3.28. The molecule has 0 fully saturated rings. The SMILES string of the molecule is [2H]c1c([2H])c([2H])c2c([2H])c(-c3c4c([2H])c([2H])c([2H])c([2H])c4c(Br)c4c([2H])c([2H])c([2H])c([2H])c34)c([2H])c([2H])c2c1[2H].[2H]c1c([2H])c([2H])c2c(oc3c(-c4c5c([2H])c([2H])c([2H])c([2H])c5c(-c5c([2H])c([2H])c6c([2H])c([2H])c([2H])c([2H])c6c5[2H])c5c([2H])c([2H])c([2H])c([2H])c45)c([2H])c([2H])c([2H])c32)c1[2H].[2H]c1c([2H])c([2H])c2c(oc3c(B(O)O)c([2H])c([2H])c([2H])c32)c1[2H]. The molecule has 0 spiro atoms. The van der Waals surface area contributed by atoms with Crippen LogP contribution in [0.3, 0.4) is 0 Å². The van der Waals surface area contributed by atoms with E-state index in [2.05, 4.69) is 15.9 Å². The van der Waals surface area contributed by atoms with Gasteiger partial charge in [-0.3, -0.25) is 0 Å². The minimum Gasteiger partial charge on any atom is -0.456 e. The number of furan rings is 2. The average molecular weight is 1110 g/mol. The van der Waals surface area contributed by atoms with Crippen LogP contribution >= 0.6 is 15.9 Å². The fourth-order valence-electron chi connectivity index (χ4n) is 8.80. The zero-order chi connectivity index (χ0) is 90.6. The van der Waals surface area contributed by atoms with Gasteiger partial charge in [-0.05, 0) is 127 Å². The van der Waals surface area contributed by atoms with E-state index in [-0.39, 0.29) is 64.3 Å². The summed E-state index contributed by atoms with van der Waals surface area (Å²) in [5, 5.41) is 12.6. The number of fused-ring (bicyclic) bond motifs is 12. The van der Waals surface area contributed by atoms with Gasteiger partial charge in [-0.25, -0.2) is 0 Å². The molecule has 4 nitrogen and oxygen atoms in total. The lowest BCUT2D eigenvalue weighted by atomic mass is 9.79. The Labute approximate surface area is 519 Å². The highest BCUT2D eigenvalue weighted by molar-refractivity contribution is 9.10. The summed E-state index contributed by atoms with van der Waals surface area (Å²) < 4.78 is 386. The normalized spacial score (nSPS) is 19.4. The Morgan fingerprint density at radius 3 is 1.13 bits per heavy atom. The number of hydrogen-bond donors (Lipinski definition) is 2. The third-order valence-corrected chi connectivity index (χ3v) is 12.9. The minimum atomic E-state index is -2.15. The van der Waals surface area contributed by atoms with Gasteiger partial charge in [-0.1, -0.05) is 242 Å². The van der Waals surface area contributed by atoms with Gasteiger partial charge in [0.1, 0.15) is 22.3 Å². The molecule has 0 radical (unpaired) electrons. The average Bonchev–Trinajstić information content (AvgIpc) is 0.912. The topological polar surface area (TPSA) is 66.7 Å². The maximum Gasteiger partial charge on any atom is 0.492 e. The molecule has 78 heavy (non-hydrogen) atoms. The summed E-state index contributed by atoms with van der Waals surface area (Å²) in [6.07, 6.45) is 0. The molecule has 0 aliphatic heterocycles. The van der Waals surface area contributed by atoms with E-state index in [1.807, 2.05) is 0 Å². The molecule has 0 bridgehead atoms. The maximum atomic E-state index is 9.45. The fourth-order valence-corrected chi connectivity index (χ4v) is 9.39. The standard InChI is InChI=1S/C36H22O.C24H15Br.C12H9BO3/c1-2-11-24-22-25(21-20-23(24)10-1)34-27-13-3-5-15-29(27)35(30-16-6-4-14-28(30)34)32-18-9-17-31-26-12-7-8-19-33(26)37-36(31)32;25-24-21-11-5-3-9-19(21)23(20-10-4-6-12-22(20)24)18-14-13-16-7-1-2-8-17(16)15-18;14-13(15)10-6-3-5-9-8-4-1-2-7-11(8)16-12(9)10/h1-22H;1-15H;1-7,14-15H/i1D,2D,3D,4D,5D,6D,7D,8D,9D,10D,11D,12D,13D,14D,15D,16D,17D,18D,19D,20D,21D,22D;1D,2D,3D,4D,5D,6D,7D,8D,9D,10D,11D,12D,13D,14D,15D;1D,2D,3D,4D,5D,6D,7D. The van der Waals surface area contributed by atoms with Crippen LogP contribution in [0.5, 0.6) is 0 Å². The van der Waals surface area contributed by atoms with Gasteiger partial charge in [-0.2, -0.15) is 0 Å². The number of para-hydroxylation sites is 4. The monoisotopic (exact) mass is 1110 g/mol. The molecule has 0 saturated carbocycles. The van der Waals surface area contributed by atoms with Crippen molar-refractivity contribution in [2.24, 2.45) is 0 Å². The first kappa shape index (κ1) is 19.9. The van der Waals surface area contributed by atoms with Crippen LogP contribution in [-0.2, 0) is 0 Å². The van der Waals surface area contributed by atoms with Gasteiger partial charge in [0, 0.05) is 42.6 Å². The molecule has 0 saturated heterocycles. The number of rotatable bonds is 4. The van der Waals surface area contributed by atoms with E-state index in [0.717, 1.165) is 0 Å². The third kappa shape index (κ3) is 8.09. The molecule has 2 aromatic heterocycles. The van der Waals surface area contributed by atoms with Crippen molar-refractivity contribution in [1.29, 1.82) is 0 Å². The predicted molar refractivity (Wildman–Crippen MR) is 333 cm³/mol. The molecule has 2 N–H and O–H groups in total. The van der Waals surface area contributed by atoms with Crippen molar-refractivity contribution in [3.63, 3.8) is 0 Å². The summed E-state index contributed by atoms with van der Waals surface area (Å²) in [6.45, 7) is 0. The van der Waals surface area contributed by atoms with Gasteiger partial charge in [0.15, 0.2) is 0 Å². The van der Waals surface area contributed by atoms with Crippen LogP contribution in [0.1, 0.15) is 60.3 Å². The Kier molecular flexibility index (Phi) is 5.03. The van der Waals surface area contributed by atoms with Crippen LogP contribution in [0.2, 0.25) is 0 Å². The first-order valence-electron chi connectivity index (χ1n) is 44.6. The maximum absolute atomic E-state index is 9.45. The van der Waals surface area contributed by atoms with Crippen LogP contribution in [0.15, 0.2) is 279 Å². The van der Waals surface area contributed by atoms with E-state index in [1.54, 1.807) is 0 Å². The molecule has 14 aromatic carbocycles. The Bertz CT molecular complexity index is 7510. The van der Waals surface area contributed by atoms with E-state index in [4.69, 9.17) is 59.6 Å². The van der Waals surface area contributed by atoms with E-state index >= 15 is 0 Å². The van der Waals surface area contributed by atoms with Crippen molar-refractivity contribution in [2.45, 2.75) is 0 Å². The van der Waals surface area contributed by atoms with Crippen LogP contribution in [0.4, 0.5) is 0 Å². The highest BCUT2D eigenvalue weighted by Crippen LogP contribution is 2.47. The number of benzene rings is 14. The van der Waals surface area contributed by atoms with Gasteiger partial charge in [-0.15, -0.1) is 0 Å². The summed E-state index contributed by atoms with van der Waals surface area (Å²) in [5.41, 5.74) is -5.40. The van der Waals surface area contributed by atoms with Crippen molar-refractivity contribution in [1.82, 2.24) is 0 Å². The highest BCUT2D eigenvalue weighted by atomic mass is 79.9. The second kappa shape index (κ2) is 19.7. The molecule has 0 atom stereocenters. The minimum absolute atomic E-state index is 0.0629. The molecule has 6 heteroatoms. The fraction of sp³-hybridized carbons (Fsp3) is 0. The Morgan fingerprint density at radius 2 is 0.654 bits per heavy atom. The zero-order valence-electron chi connectivity index (χ0n) is 82.7. The number of hydrogen-bond acceptors (Lipinski definition) is 4. The summed E-state index contributed by atoms with van der Waals surface area (Å²) in [5.74, 6) is 0. The molecule has 0 aliphatic carbocycles. The van der Waals surface area contributed by atoms with Crippen molar-refractivity contribution in [2.75, 3.05) is 0 Å². The van der Waals surface area contributed by atoms with Crippen LogP contribution in [-0.4, -0.2) is 17.2 Å². The summed E-state index contributed by atoms with van der Waals surface area (Å²) in [4.78, 5) is 0. The van der Waals surface area contributed by atoms with E-state index in [0.29, 0.717) is 0 Å². The Balaban J connectivity index is 0.000000165. The second-order valence-electron chi connectivity index (χ2n) is 16.4. The van der Waals surface area contributed by atoms with E-state index in [9.17, 15) is 19.6 Å². The lowest BCUT2D eigenvalue weighted by Gasteiger charge is -2.18. The van der Waals surface area contributed by atoms with Gasteiger partial charge >= 0.3 is 7.12 Å². The van der Waals surface area contributed by atoms with Gasteiger partial charge in [0.05, 0.1) is 60.3 Å². The largest absolute Gasteiger partial charge is 0.492 e. The lowest BCUT2D eigenvalue weighted by Crippen LogP contribution is -2.29.